The van der Waals surface area contributed by atoms with Gasteiger partial charge in [-0.3, -0.25) is 0 Å². The van der Waals surface area contributed by atoms with Crippen LogP contribution in [-0.2, 0) is 6.42 Å². The lowest BCUT2D eigenvalue weighted by Gasteiger charge is -2.10. The molecule has 0 aliphatic rings. The lowest BCUT2D eigenvalue weighted by molar-refractivity contribution is 0.244. The minimum Gasteiger partial charge on any atom is -0.493 e. The number of carbonyl (C=O) groups excluding carboxylic acids is 1. The summed E-state index contributed by atoms with van der Waals surface area (Å²) in [5, 5.41) is 5.51. The summed E-state index contributed by atoms with van der Waals surface area (Å²) in [6, 6.07) is 5.55. The molecule has 1 aromatic carbocycles. The van der Waals surface area contributed by atoms with Crippen molar-refractivity contribution in [2.45, 2.75) is 26.7 Å². The Hall–Kier alpha value is -2.17. The highest BCUT2D eigenvalue weighted by Gasteiger charge is 2.05. The smallest absolute Gasteiger partial charge is 0.318 e. The largest absolute Gasteiger partial charge is 0.493 e. The van der Waals surface area contributed by atoms with Gasteiger partial charge in [-0.25, -0.2) is 4.79 Å². The molecule has 0 fully saturated rings. The van der Waals surface area contributed by atoms with Crippen LogP contribution < -0.4 is 20.1 Å². The molecule has 0 radical (unpaired) electrons. The maximum atomic E-state index is 11.6. The monoisotopic (exact) mass is 292 g/mol. The number of methoxy groups -OCH3 is 2. The number of hydrogen-bond acceptors (Lipinski definition) is 3. The molecule has 0 spiro atoms. The first kappa shape index (κ1) is 16.9. The van der Waals surface area contributed by atoms with Gasteiger partial charge in [0.15, 0.2) is 11.5 Å². The Kier molecular flexibility index (Phi) is 7.15. The third kappa shape index (κ3) is 5.77. The SMILES string of the molecule is CC/C(C)=C/NC(=O)NCCc1ccc(OC)c(OC)c1. The number of allylic oxidation sites excluding steroid dienone is 1. The second kappa shape index (κ2) is 8.89. The van der Waals surface area contributed by atoms with Gasteiger partial charge < -0.3 is 20.1 Å². The van der Waals surface area contributed by atoms with Crippen LogP contribution in [-0.4, -0.2) is 26.8 Å². The van der Waals surface area contributed by atoms with E-state index in [4.69, 9.17) is 9.47 Å². The molecule has 5 nitrogen and oxygen atoms in total. The molecular weight excluding hydrogens is 268 g/mol. The molecule has 2 N–H and O–H groups in total. The van der Waals surface area contributed by atoms with E-state index in [2.05, 4.69) is 10.6 Å². The number of urea groups is 1. The molecule has 1 rings (SSSR count). The van der Waals surface area contributed by atoms with E-state index in [0.29, 0.717) is 18.0 Å². The average molecular weight is 292 g/mol. The van der Waals surface area contributed by atoms with Gasteiger partial charge in [-0.15, -0.1) is 0 Å². The summed E-state index contributed by atoms with van der Waals surface area (Å²) in [7, 11) is 3.21. The van der Waals surface area contributed by atoms with E-state index in [1.54, 1.807) is 20.4 Å². The first-order chi connectivity index (χ1) is 10.1. The highest BCUT2D eigenvalue weighted by molar-refractivity contribution is 5.74. The molecule has 0 heterocycles. The number of benzene rings is 1. The molecule has 116 valence electrons. The fraction of sp³-hybridized carbons (Fsp3) is 0.438. The van der Waals surface area contributed by atoms with Crippen molar-refractivity contribution in [2.75, 3.05) is 20.8 Å². The topological polar surface area (TPSA) is 59.6 Å². The second-order valence-electron chi connectivity index (χ2n) is 4.68. The van der Waals surface area contributed by atoms with E-state index in [1.165, 1.54) is 0 Å². The molecule has 0 aliphatic heterocycles. The maximum absolute atomic E-state index is 11.6. The Labute approximate surface area is 126 Å². The van der Waals surface area contributed by atoms with Crippen molar-refractivity contribution in [3.05, 3.63) is 35.5 Å². The Morgan fingerprint density at radius 1 is 1.24 bits per heavy atom. The highest BCUT2D eigenvalue weighted by Crippen LogP contribution is 2.27. The number of amides is 2. The third-order valence-electron chi connectivity index (χ3n) is 3.15. The molecular formula is C16H24N2O3. The summed E-state index contributed by atoms with van der Waals surface area (Å²) in [5.74, 6) is 1.40. The number of carbonyl (C=O) groups is 1. The number of nitrogens with one attached hydrogen (secondary N) is 2. The minimum atomic E-state index is -0.191. The molecule has 0 atom stereocenters. The van der Waals surface area contributed by atoms with Crippen LogP contribution in [0.3, 0.4) is 0 Å². The zero-order valence-electron chi connectivity index (χ0n) is 13.2. The molecule has 0 unspecified atom stereocenters. The van der Waals surface area contributed by atoms with Gasteiger partial charge in [-0.1, -0.05) is 18.6 Å². The first-order valence-electron chi connectivity index (χ1n) is 7.01. The normalized spacial score (nSPS) is 11.0. The lowest BCUT2D eigenvalue weighted by atomic mass is 10.1. The van der Waals surface area contributed by atoms with E-state index in [-0.39, 0.29) is 6.03 Å². The Balaban J connectivity index is 2.44. The number of hydrogen-bond donors (Lipinski definition) is 2. The van der Waals surface area contributed by atoms with Gasteiger partial charge >= 0.3 is 6.03 Å². The number of rotatable bonds is 7. The molecule has 0 saturated heterocycles. The van der Waals surface area contributed by atoms with Gasteiger partial charge in [-0.05, 0) is 37.5 Å². The zero-order valence-corrected chi connectivity index (χ0v) is 13.2. The third-order valence-corrected chi connectivity index (χ3v) is 3.15. The van der Waals surface area contributed by atoms with Gasteiger partial charge in [0.1, 0.15) is 0 Å². The summed E-state index contributed by atoms with van der Waals surface area (Å²) in [4.78, 5) is 11.6. The Morgan fingerprint density at radius 3 is 2.57 bits per heavy atom. The summed E-state index contributed by atoms with van der Waals surface area (Å²) in [5.41, 5.74) is 2.21. The summed E-state index contributed by atoms with van der Waals surface area (Å²) in [6.45, 7) is 4.58. The predicted molar refractivity (Wildman–Crippen MR) is 83.8 cm³/mol. The highest BCUT2D eigenvalue weighted by atomic mass is 16.5. The van der Waals surface area contributed by atoms with Crippen LogP contribution in [0.2, 0.25) is 0 Å². The van der Waals surface area contributed by atoms with Gasteiger partial charge in [0.05, 0.1) is 14.2 Å². The fourth-order valence-corrected chi connectivity index (χ4v) is 1.70. The van der Waals surface area contributed by atoms with Crippen molar-refractivity contribution in [1.82, 2.24) is 10.6 Å². The number of ether oxygens (including phenoxy) is 2. The maximum Gasteiger partial charge on any atom is 0.318 e. The van der Waals surface area contributed by atoms with Crippen LogP contribution in [0.5, 0.6) is 11.5 Å². The predicted octanol–water partition coefficient (Wildman–Crippen LogP) is 2.86. The van der Waals surface area contributed by atoms with Gasteiger partial charge in [0.2, 0.25) is 0 Å². The van der Waals surface area contributed by atoms with Crippen LogP contribution in [0.1, 0.15) is 25.8 Å². The van der Waals surface area contributed by atoms with Crippen molar-refractivity contribution in [3.8, 4) is 11.5 Å². The van der Waals surface area contributed by atoms with E-state index < -0.39 is 0 Å². The standard InChI is InChI=1S/C16H24N2O3/c1-5-12(2)11-18-16(19)17-9-8-13-6-7-14(20-3)15(10-13)21-4/h6-7,10-11H,5,8-9H2,1-4H3,(H2,17,18,19)/b12-11+. The van der Waals surface area contributed by atoms with Crippen molar-refractivity contribution >= 4 is 6.03 Å². The van der Waals surface area contributed by atoms with Gasteiger partial charge in [-0.2, -0.15) is 0 Å². The van der Waals surface area contributed by atoms with E-state index >= 15 is 0 Å². The van der Waals surface area contributed by atoms with Gasteiger partial charge in [0.25, 0.3) is 0 Å². The minimum absolute atomic E-state index is 0.191. The molecule has 0 saturated carbocycles. The molecule has 2 amide bonds. The second-order valence-corrected chi connectivity index (χ2v) is 4.68. The van der Waals surface area contributed by atoms with Gasteiger partial charge in [0, 0.05) is 12.7 Å². The average Bonchev–Trinajstić information content (AvgIpc) is 2.52. The van der Waals surface area contributed by atoms with Crippen molar-refractivity contribution in [2.24, 2.45) is 0 Å². The van der Waals surface area contributed by atoms with Crippen LogP contribution in [0.25, 0.3) is 0 Å². The molecule has 0 aromatic heterocycles. The quantitative estimate of drug-likeness (QED) is 0.812. The molecule has 5 heteroatoms. The lowest BCUT2D eigenvalue weighted by Crippen LogP contribution is -2.33. The van der Waals surface area contributed by atoms with E-state index in [9.17, 15) is 4.79 Å². The van der Waals surface area contributed by atoms with Crippen LogP contribution in [0, 0.1) is 0 Å². The van der Waals surface area contributed by atoms with E-state index in [1.807, 2.05) is 32.0 Å². The van der Waals surface area contributed by atoms with Crippen LogP contribution >= 0.6 is 0 Å². The summed E-state index contributed by atoms with van der Waals surface area (Å²) in [6.07, 6.45) is 3.38. The Morgan fingerprint density at radius 2 is 1.95 bits per heavy atom. The van der Waals surface area contributed by atoms with Crippen LogP contribution in [0.4, 0.5) is 4.79 Å². The van der Waals surface area contributed by atoms with Crippen molar-refractivity contribution in [3.63, 3.8) is 0 Å². The Bertz CT molecular complexity index is 498. The summed E-state index contributed by atoms with van der Waals surface area (Å²) >= 11 is 0. The molecule has 0 aliphatic carbocycles. The zero-order chi connectivity index (χ0) is 15.7. The molecule has 0 bridgehead atoms. The summed E-state index contributed by atoms with van der Waals surface area (Å²) < 4.78 is 10.4. The van der Waals surface area contributed by atoms with E-state index in [0.717, 1.165) is 24.0 Å². The molecule has 21 heavy (non-hydrogen) atoms. The van der Waals surface area contributed by atoms with Crippen molar-refractivity contribution in [1.29, 1.82) is 0 Å². The fourth-order valence-electron chi connectivity index (χ4n) is 1.70. The van der Waals surface area contributed by atoms with Crippen LogP contribution in [0.15, 0.2) is 30.0 Å². The molecule has 1 aromatic rings. The first-order valence-corrected chi connectivity index (χ1v) is 7.01. The van der Waals surface area contributed by atoms with Crippen molar-refractivity contribution < 1.29 is 14.3 Å².